The Kier molecular flexibility index (Phi) is 5.66. The highest BCUT2D eigenvalue weighted by atomic mass is 16.6. The summed E-state index contributed by atoms with van der Waals surface area (Å²) in [7, 11) is 0. The molecule has 126 valence electrons. The summed E-state index contributed by atoms with van der Waals surface area (Å²) in [5.74, 6) is 0.923. The van der Waals surface area contributed by atoms with Crippen molar-refractivity contribution in [3.63, 3.8) is 0 Å². The van der Waals surface area contributed by atoms with Crippen LogP contribution in [0.25, 0.3) is 11.0 Å². The Hall–Kier alpha value is -2.01. The molecule has 1 heterocycles. The van der Waals surface area contributed by atoms with Crippen molar-refractivity contribution in [1.29, 1.82) is 0 Å². The molecule has 0 aliphatic heterocycles. The Morgan fingerprint density at radius 3 is 2.70 bits per heavy atom. The van der Waals surface area contributed by atoms with Gasteiger partial charge in [-0.25, -0.2) is 4.79 Å². The summed E-state index contributed by atoms with van der Waals surface area (Å²) >= 11 is 0. The highest BCUT2D eigenvalue weighted by molar-refractivity contribution is 5.77. The molecule has 1 aromatic carbocycles. The predicted molar refractivity (Wildman–Crippen MR) is 91.5 cm³/mol. The molecule has 5 heteroatoms. The molecule has 5 nitrogen and oxygen atoms in total. The van der Waals surface area contributed by atoms with Crippen LogP contribution in [0.2, 0.25) is 0 Å². The zero-order chi connectivity index (χ0) is 16.9. The van der Waals surface area contributed by atoms with Crippen molar-refractivity contribution >= 4 is 17.1 Å². The lowest BCUT2D eigenvalue weighted by molar-refractivity contribution is 0.0527. The van der Waals surface area contributed by atoms with Gasteiger partial charge in [-0.15, -0.1) is 0 Å². The molecule has 0 bridgehead atoms. The summed E-state index contributed by atoms with van der Waals surface area (Å²) in [5, 5.41) is 7.26. The van der Waals surface area contributed by atoms with Crippen molar-refractivity contribution in [2.75, 3.05) is 13.1 Å². The fourth-order valence-corrected chi connectivity index (χ4v) is 2.23. The van der Waals surface area contributed by atoms with E-state index in [2.05, 4.69) is 23.6 Å². The van der Waals surface area contributed by atoms with Gasteiger partial charge < -0.3 is 19.8 Å². The molecule has 2 rings (SSSR count). The van der Waals surface area contributed by atoms with Crippen LogP contribution >= 0.6 is 0 Å². The Morgan fingerprint density at radius 1 is 1.26 bits per heavy atom. The van der Waals surface area contributed by atoms with Crippen molar-refractivity contribution < 1.29 is 13.9 Å². The normalized spacial score (nSPS) is 13.0. The smallest absolute Gasteiger partial charge is 0.407 e. The fourth-order valence-electron chi connectivity index (χ4n) is 2.23. The maximum Gasteiger partial charge on any atom is 0.407 e. The average molecular weight is 318 g/mol. The lowest BCUT2D eigenvalue weighted by Crippen LogP contribution is -2.34. The zero-order valence-corrected chi connectivity index (χ0v) is 14.3. The number of rotatable bonds is 6. The molecule has 0 radical (unpaired) electrons. The number of benzene rings is 1. The predicted octanol–water partition coefficient (Wildman–Crippen LogP) is 4.00. The van der Waals surface area contributed by atoms with E-state index in [0.29, 0.717) is 6.54 Å². The van der Waals surface area contributed by atoms with Crippen molar-refractivity contribution in [2.45, 2.75) is 45.8 Å². The van der Waals surface area contributed by atoms with Crippen LogP contribution in [-0.2, 0) is 4.74 Å². The molecule has 1 amide bonds. The van der Waals surface area contributed by atoms with Gasteiger partial charge in [0.05, 0.1) is 6.04 Å². The first-order chi connectivity index (χ1) is 10.8. The zero-order valence-electron chi connectivity index (χ0n) is 14.3. The quantitative estimate of drug-likeness (QED) is 0.790. The first-order valence-corrected chi connectivity index (χ1v) is 8.04. The van der Waals surface area contributed by atoms with Crippen LogP contribution in [0.5, 0.6) is 0 Å². The van der Waals surface area contributed by atoms with Gasteiger partial charge in [-0.05, 0) is 52.8 Å². The molecule has 1 unspecified atom stereocenters. The molecular weight excluding hydrogens is 292 g/mol. The number of nitrogens with one attached hydrogen (secondary N) is 2. The standard InChI is InChI=1S/C18H26N2O3/c1-13(16-12-14-8-5-6-9-15(14)22-16)19-10-7-11-20-17(21)23-18(2,3)4/h5-6,8-9,12-13,19H,7,10-11H2,1-4H3,(H,20,21). The van der Waals surface area contributed by atoms with Gasteiger partial charge in [-0.3, -0.25) is 0 Å². The van der Waals surface area contributed by atoms with Crippen molar-refractivity contribution in [1.82, 2.24) is 10.6 Å². The molecule has 1 aromatic heterocycles. The molecule has 1 atom stereocenters. The fraction of sp³-hybridized carbons (Fsp3) is 0.500. The monoisotopic (exact) mass is 318 g/mol. The molecule has 2 N–H and O–H groups in total. The topological polar surface area (TPSA) is 63.5 Å². The highest BCUT2D eigenvalue weighted by Crippen LogP contribution is 2.23. The molecule has 0 aliphatic rings. The Bertz CT molecular complexity index is 610. The van der Waals surface area contributed by atoms with Gasteiger partial charge in [0.25, 0.3) is 0 Å². The van der Waals surface area contributed by atoms with E-state index in [1.165, 1.54) is 0 Å². The van der Waals surface area contributed by atoms with E-state index in [4.69, 9.17) is 9.15 Å². The van der Waals surface area contributed by atoms with Crippen LogP contribution in [0.1, 0.15) is 45.9 Å². The summed E-state index contributed by atoms with van der Waals surface area (Å²) in [6, 6.07) is 10.2. The van der Waals surface area contributed by atoms with Crippen molar-refractivity contribution in [3.8, 4) is 0 Å². The van der Waals surface area contributed by atoms with E-state index in [9.17, 15) is 4.79 Å². The minimum absolute atomic E-state index is 0.129. The van der Waals surface area contributed by atoms with Crippen LogP contribution < -0.4 is 10.6 Å². The lowest BCUT2D eigenvalue weighted by Gasteiger charge is -2.19. The van der Waals surface area contributed by atoms with Gasteiger partial charge in [0.1, 0.15) is 16.9 Å². The molecular formula is C18H26N2O3. The largest absolute Gasteiger partial charge is 0.459 e. The molecule has 0 spiro atoms. The maximum absolute atomic E-state index is 11.5. The van der Waals surface area contributed by atoms with Gasteiger partial charge in [0.15, 0.2) is 0 Å². The Labute approximate surface area is 137 Å². The summed E-state index contributed by atoms with van der Waals surface area (Å²) in [4.78, 5) is 11.5. The van der Waals surface area contributed by atoms with Gasteiger partial charge in [-0.1, -0.05) is 18.2 Å². The van der Waals surface area contributed by atoms with Crippen LogP contribution in [-0.4, -0.2) is 24.8 Å². The third-order valence-electron chi connectivity index (χ3n) is 3.34. The highest BCUT2D eigenvalue weighted by Gasteiger charge is 2.15. The van der Waals surface area contributed by atoms with Gasteiger partial charge in [0.2, 0.25) is 0 Å². The summed E-state index contributed by atoms with van der Waals surface area (Å²) < 4.78 is 11.0. The molecule has 2 aromatic rings. The summed E-state index contributed by atoms with van der Waals surface area (Å²) in [6.45, 7) is 8.98. The summed E-state index contributed by atoms with van der Waals surface area (Å²) in [6.07, 6.45) is 0.451. The minimum atomic E-state index is -0.460. The molecule has 23 heavy (non-hydrogen) atoms. The first-order valence-electron chi connectivity index (χ1n) is 8.04. The number of fused-ring (bicyclic) bond motifs is 1. The Balaban J connectivity index is 1.69. The molecule has 0 fully saturated rings. The van der Waals surface area contributed by atoms with Crippen LogP contribution in [0.15, 0.2) is 34.7 Å². The van der Waals surface area contributed by atoms with Gasteiger partial charge in [0, 0.05) is 11.9 Å². The van der Waals surface area contributed by atoms with Gasteiger partial charge in [-0.2, -0.15) is 0 Å². The average Bonchev–Trinajstić information content (AvgIpc) is 2.88. The number of furan rings is 1. The second kappa shape index (κ2) is 7.51. The number of ether oxygens (including phenoxy) is 1. The van der Waals surface area contributed by atoms with Crippen LogP contribution in [0.4, 0.5) is 4.79 Å². The van der Waals surface area contributed by atoms with Gasteiger partial charge >= 0.3 is 6.09 Å². The number of alkyl carbamates (subject to hydrolysis) is 1. The third kappa shape index (κ3) is 5.60. The first kappa shape index (κ1) is 17.3. The number of carbonyl (C=O) groups is 1. The molecule has 0 aliphatic carbocycles. The second-order valence-corrected chi connectivity index (χ2v) is 6.64. The summed E-state index contributed by atoms with van der Waals surface area (Å²) in [5.41, 5.74) is 0.445. The van der Waals surface area contributed by atoms with Crippen molar-refractivity contribution in [2.24, 2.45) is 0 Å². The SMILES string of the molecule is CC(NCCCNC(=O)OC(C)(C)C)c1cc2ccccc2o1. The van der Waals surface area contributed by atoms with E-state index in [0.717, 1.165) is 29.7 Å². The van der Waals surface area contributed by atoms with Crippen molar-refractivity contribution in [3.05, 3.63) is 36.1 Å². The third-order valence-corrected chi connectivity index (χ3v) is 3.34. The maximum atomic E-state index is 11.5. The number of para-hydroxylation sites is 1. The lowest BCUT2D eigenvalue weighted by atomic mass is 10.2. The molecule has 0 saturated carbocycles. The second-order valence-electron chi connectivity index (χ2n) is 6.64. The van der Waals surface area contributed by atoms with Crippen LogP contribution in [0.3, 0.4) is 0 Å². The van der Waals surface area contributed by atoms with E-state index in [1.54, 1.807) is 0 Å². The van der Waals surface area contributed by atoms with E-state index < -0.39 is 5.60 Å². The number of hydrogen-bond acceptors (Lipinski definition) is 4. The molecule has 0 saturated heterocycles. The number of hydrogen-bond donors (Lipinski definition) is 2. The number of carbonyl (C=O) groups excluding carboxylic acids is 1. The van der Waals surface area contributed by atoms with Crippen LogP contribution in [0, 0.1) is 0 Å². The minimum Gasteiger partial charge on any atom is -0.459 e. The van der Waals surface area contributed by atoms with E-state index in [-0.39, 0.29) is 12.1 Å². The Morgan fingerprint density at radius 2 is 2.00 bits per heavy atom. The van der Waals surface area contributed by atoms with E-state index in [1.807, 2.05) is 45.0 Å². The number of amides is 1. The van der Waals surface area contributed by atoms with E-state index >= 15 is 0 Å².